The van der Waals surface area contributed by atoms with Gasteiger partial charge in [0.1, 0.15) is 0 Å². The molecule has 0 spiro atoms. The van der Waals surface area contributed by atoms with Gasteiger partial charge in [-0.1, -0.05) is 0 Å². The van der Waals surface area contributed by atoms with Gasteiger partial charge in [0, 0.05) is 12.6 Å². The minimum atomic E-state index is 0.280. The van der Waals surface area contributed by atoms with Crippen molar-refractivity contribution >= 4 is 0 Å². The van der Waals surface area contributed by atoms with Crippen molar-refractivity contribution in [3.63, 3.8) is 0 Å². The summed E-state index contributed by atoms with van der Waals surface area (Å²) in [5.41, 5.74) is 4.07. The van der Waals surface area contributed by atoms with Gasteiger partial charge in [-0.2, -0.15) is 0 Å². The Hall–Kier alpha value is -0.840. The van der Waals surface area contributed by atoms with Crippen LogP contribution >= 0.6 is 0 Å². The van der Waals surface area contributed by atoms with E-state index in [0.717, 1.165) is 26.1 Å². The molecule has 4 heteroatoms. The predicted octanol–water partition coefficient (Wildman–Crippen LogP) is 1.08. The molecular formula is C11H18N2O2. The Morgan fingerprint density at radius 2 is 2.53 bits per heavy atom. The van der Waals surface area contributed by atoms with E-state index in [1.54, 1.807) is 12.5 Å². The second-order valence-electron chi connectivity index (χ2n) is 4.09. The maximum atomic E-state index is 5.58. The highest BCUT2D eigenvalue weighted by molar-refractivity contribution is 5.07. The first kappa shape index (κ1) is 10.7. The lowest BCUT2D eigenvalue weighted by atomic mass is 9.90. The Morgan fingerprint density at radius 3 is 3.13 bits per heavy atom. The van der Waals surface area contributed by atoms with Gasteiger partial charge in [0.15, 0.2) is 0 Å². The molecule has 2 atom stereocenters. The molecule has 0 bridgehead atoms. The number of hydrogen-bond acceptors (Lipinski definition) is 4. The summed E-state index contributed by atoms with van der Waals surface area (Å²) < 4.78 is 10.5. The van der Waals surface area contributed by atoms with Gasteiger partial charge in [-0.05, 0) is 36.8 Å². The zero-order valence-corrected chi connectivity index (χ0v) is 8.82. The second-order valence-corrected chi connectivity index (χ2v) is 4.09. The van der Waals surface area contributed by atoms with Crippen LogP contribution in [0, 0.1) is 5.92 Å². The van der Waals surface area contributed by atoms with Gasteiger partial charge in [0.2, 0.25) is 0 Å². The van der Waals surface area contributed by atoms with Gasteiger partial charge in [-0.3, -0.25) is 11.3 Å². The van der Waals surface area contributed by atoms with Crippen molar-refractivity contribution < 1.29 is 9.15 Å². The molecule has 0 aliphatic carbocycles. The van der Waals surface area contributed by atoms with Crippen molar-refractivity contribution in [2.75, 3.05) is 13.2 Å². The molecule has 1 fully saturated rings. The van der Waals surface area contributed by atoms with Crippen molar-refractivity contribution in [1.82, 2.24) is 5.43 Å². The third kappa shape index (κ3) is 2.81. The summed E-state index contributed by atoms with van der Waals surface area (Å²) in [6.07, 6.45) is 6.69. The minimum absolute atomic E-state index is 0.280. The van der Waals surface area contributed by atoms with E-state index in [-0.39, 0.29) is 6.04 Å². The minimum Gasteiger partial charge on any atom is -0.472 e. The summed E-state index contributed by atoms with van der Waals surface area (Å²) in [6.45, 7) is 1.70. The zero-order chi connectivity index (χ0) is 10.5. The molecule has 2 heterocycles. The van der Waals surface area contributed by atoms with E-state index in [1.165, 1.54) is 12.0 Å². The maximum absolute atomic E-state index is 5.58. The van der Waals surface area contributed by atoms with E-state index in [2.05, 4.69) is 5.43 Å². The van der Waals surface area contributed by atoms with E-state index in [0.29, 0.717) is 5.92 Å². The molecule has 0 aromatic carbocycles. The second kappa shape index (κ2) is 5.30. The Kier molecular flexibility index (Phi) is 3.77. The third-order valence-electron chi connectivity index (χ3n) is 3.01. The predicted molar refractivity (Wildman–Crippen MR) is 57.1 cm³/mol. The summed E-state index contributed by atoms with van der Waals surface area (Å²) in [6, 6.07) is 2.26. The molecule has 3 N–H and O–H groups in total. The lowest BCUT2D eigenvalue weighted by Gasteiger charge is -2.29. The zero-order valence-electron chi connectivity index (χ0n) is 8.82. The first-order valence-electron chi connectivity index (χ1n) is 5.45. The molecule has 0 radical (unpaired) electrons. The highest BCUT2D eigenvalue weighted by Crippen LogP contribution is 2.20. The monoisotopic (exact) mass is 210 g/mol. The van der Waals surface area contributed by atoms with Crippen LogP contribution < -0.4 is 11.3 Å². The Bertz CT molecular complexity index is 268. The number of rotatable bonds is 4. The van der Waals surface area contributed by atoms with Crippen LogP contribution in [0.25, 0.3) is 0 Å². The fourth-order valence-corrected chi connectivity index (χ4v) is 2.11. The van der Waals surface area contributed by atoms with Gasteiger partial charge in [0.05, 0.1) is 19.1 Å². The van der Waals surface area contributed by atoms with Crippen molar-refractivity contribution in [3.05, 3.63) is 24.2 Å². The lowest BCUT2D eigenvalue weighted by molar-refractivity contribution is 0.0393. The molecule has 2 unspecified atom stereocenters. The number of hydrogen-bond donors (Lipinski definition) is 2. The van der Waals surface area contributed by atoms with Crippen molar-refractivity contribution in [2.24, 2.45) is 11.8 Å². The van der Waals surface area contributed by atoms with E-state index < -0.39 is 0 Å². The number of nitrogens with one attached hydrogen (secondary N) is 1. The Balaban J connectivity index is 1.91. The molecule has 1 aliphatic rings. The fourth-order valence-electron chi connectivity index (χ4n) is 2.11. The van der Waals surface area contributed by atoms with E-state index in [4.69, 9.17) is 15.0 Å². The quantitative estimate of drug-likeness (QED) is 0.576. The van der Waals surface area contributed by atoms with Crippen LogP contribution in [0.5, 0.6) is 0 Å². The van der Waals surface area contributed by atoms with Crippen LogP contribution in [-0.4, -0.2) is 19.3 Å². The Labute approximate surface area is 89.7 Å². The van der Waals surface area contributed by atoms with Crippen molar-refractivity contribution in [3.8, 4) is 0 Å². The molecule has 1 aliphatic heterocycles. The fraction of sp³-hybridized carbons (Fsp3) is 0.636. The number of nitrogens with two attached hydrogens (primary N) is 1. The number of furan rings is 1. The molecule has 1 aromatic rings. The smallest absolute Gasteiger partial charge is 0.0935 e. The standard InChI is InChI=1S/C11H18N2O2/c12-13-11(6-9-3-5-15-7-9)10-2-1-4-14-8-10/h3,5,7,10-11,13H,1-2,4,6,8,12H2. The van der Waals surface area contributed by atoms with Crippen LogP contribution in [-0.2, 0) is 11.2 Å². The van der Waals surface area contributed by atoms with Gasteiger partial charge < -0.3 is 9.15 Å². The van der Waals surface area contributed by atoms with Crippen LogP contribution in [0.3, 0.4) is 0 Å². The summed E-state index contributed by atoms with van der Waals surface area (Å²) in [5.74, 6) is 6.10. The van der Waals surface area contributed by atoms with E-state index in [9.17, 15) is 0 Å². The van der Waals surface area contributed by atoms with Gasteiger partial charge in [-0.15, -0.1) is 0 Å². The normalized spacial score (nSPS) is 23.9. The first-order valence-corrected chi connectivity index (χ1v) is 5.45. The molecule has 0 amide bonds. The Morgan fingerprint density at radius 1 is 1.60 bits per heavy atom. The van der Waals surface area contributed by atoms with Crippen LogP contribution in [0.2, 0.25) is 0 Å². The molecule has 1 aromatic heterocycles. The third-order valence-corrected chi connectivity index (χ3v) is 3.01. The SMILES string of the molecule is NNC(Cc1ccoc1)C1CCCOC1. The van der Waals surface area contributed by atoms with Crippen LogP contribution in [0.1, 0.15) is 18.4 Å². The average molecular weight is 210 g/mol. The van der Waals surface area contributed by atoms with Gasteiger partial charge in [0.25, 0.3) is 0 Å². The number of hydrazine groups is 1. The summed E-state index contributed by atoms with van der Waals surface area (Å²) in [5, 5.41) is 0. The summed E-state index contributed by atoms with van der Waals surface area (Å²) >= 11 is 0. The molecule has 84 valence electrons. The topological polar surface area (TPSA) is 60.4 Å². The van der Waals surface area contributed by atoms with Crippen molar-refractivity contribution in [2.45, 2.75) is 25.3 Å². The molecule has 1 saturated heterocycles. The number of ether oxygens (including phenoxy) is 1. The van der Waals surface area contributed by atoms with Crippen molar-refractivity contribution in [1.29, 1.82) is 0 Å². The largest absolute Gasteiger partial charge is 0.472 e. The molecule has 0 saturated carbocycles. The van der Waals surface area contributed by atoms with Gasteiger partial charge >= 0.3 is 0 Å². The highest BCUT2D eigenvalue weighted by atomic mass is 16.5. The molecule has 4 nitrogen and oxygen atoms in total. The molecule has 15 heavy (non-hydrogen) atoms. The highest BCUT2D eigenvalue weighted by Gasteiger charge is 2.23. The molecular weight excluding hydrogens is 192 g/mol. The summed E-state index contributed by atoms with van der Waals surface area (Å²) in [4.78, 5) is 0. The summed E-state index contributed by atoms with van der Waals surface area (Å²) in [7, 11) is 0. The van der Waals surface area contributed by atoms with Crippen LogP contribution in [0.4, 0.5) is 0 Å². The average Bonchev–Trinajstić information content (AvgIpc) is 2.80. The maximum Gasteiger partial charge on any atom is 0.0935 e. The van der Waals surface area contributed by atoms with E-state index in [1.807, 2.05) is 6.07 Å². The van der Waals surface area contributed by atoms with E-state index >= 15 is 0 Å². The first-order chi connectivity index (χ1) is 7.40. The van der Waals surface area contributed by atoms with Crippen LogP contribution in [0.15, 0.2) is 23.0 Å². The molecule has 2 rings (SSSR count). The van der Waals surface area contributed by atoms with Gasteiger partial charge in [-0.25, -0.2) is 0 Å². The lowest BCUT2D eigenvalue weighted by Crippen LogP contribution is -2.45.